The number of nitrogens with one attached hydrogen (secondary N) is 2. The van der Waals surface area contributed by atoms with Crippen LogP contribution in [-0.2, 0) is 9.59 Å². The van der Waals surface area contributed by atoms with Gasteiger partial charge in [0.25, 0.3) is 0 Å². The van der Waals surface area contributed by atoms with Crippen molar-refractivity contribution in [2.45, 2.75) is 13.8 Å². The standard InChI is InChI=1S/C15H15N5O3/c1-9(21)16-14-8-7-12(15(18-14)17-10(2)22)20-19-11-5-3-4-6-13(11)23/h3-8,23H,1-2H3,(H2,16,17,18,21,22). The van der Waals surface area contributed by atoms with E-state index in [-0.39, 0.29) is 40.6 Å². The van der Waals surface area contributed by atoms with Gasteiger partial charge >= 0.3 is 0 Å². The van der Waals surface area contributed by atoms with E-state index in [2.05, 4.69) is 25.8 Å². The fourth-order valence-corrected chi connectivity index (χ4v) is 1.70. The van der Waals surface area contributed by atoms with Gasteiger partial charge in [0.2, 0.25) is 11.8 Å². The minimum Gasteiger partial charge on any atom is -0.506 e. The lowest BCUT2D eigenvalue weighted by atomic mass is 10.3. The number of pyridine rings is 1. The molecule has 0 bridgehead atoms. The molecule has 0 spiro atoms. The van der Waals surface area contributed by atoms with Crippen LogP contribution in [0, 0.1) is 0 Å². The molecule has 118 valence electrons. The molecule has 1 aromatic heterocycles. The van der Waals surface area contributed by atoms with Gasteiger partial charge in [0.15, 0.2) is 5.82 Å². The highest BCUT2D eigenvalue weighted by Gasteiger charge is 2.08. The highest BCUT2D eigenvalue weighted by Crippen LogP contribution is 2.30. The first-order valence-corrected chi connectivity index (χ1v) is 6.71. The topological polar surface area (TPSA) is 116 Å². The average molecular weight is 313 g/mol. The molecule has 0 radical (unpaired) electrons. The van der Waals surface area contributed by atoms with Crippen molar-refractivity contribution in [1.29, 1.82) is 0 Å². The van der Waals surface area contributed by atoms with Crippen molar-refractivity contribution in [3.05, 3.63) is 36.4 Å². The molecule has 8 nitrogen and oxygen atoms in total. The zero-order valence-corrected chi connectivity index (χ0v) is 12.6. The number of azo groups is 1. The Balaban J connectivity index is 2.34. The largest absolute Gasteiger partial charge is 0.506 e. The summed E-state index contributed by atoms with van der Waals surface area (Å²) < 4.78 is 0. The molecule has 0 saturated heterocycles. The van der Waals surface area contributed by atoms with Gasteiger partial charge in [-0.3, -0.25) is 9.59 Å². The summed E-state index contributed by atoms with van der Waals surface area (Å²) in [4.78, 5) is 26.5. The Morgan fingerprint density at radius 3 is 2.26 bits per heavy atom. The molecule has 0 unspecified atom stereocenters. The summed E-state index contributed by atoms with van der Waals surface area (Å²) in [7, 11) is 0. The van der Waals surface area contributed by atoms with Crippen molar-refractivity contribution >= 4 is 34.8 Å². The third-order valence-corrected chi connectivity index (χ3v) is 2.62. The van der Waals surface area contributed by atoms with Gasteiger partial charge in [-0.2, -0.15) is 0 Å². The van der Waals surface area contributed by atoms with Gasteiger partial charge in [-0.15, -0.1) is 10.2 Å². The van der Waals surface area contributed by atoms with Gasteiger partial charge in [0, 0.05) is 13.8 Å². The maximum atomic E-state index is 11.3. The first-order chi connectivity index (χ1) is 11.0. The Morgan fingerprint density at radius 1 is 0.957 bits per heavy atom. The van der Waals surface area contributed by atoms with Crippen LogP contribution in [0.2, 0.25) is 0 Å². The van der Waals surface area contributed by atoms with Crippen LogP contribution in [-0.4, -0.2) is 21.9 Å². The fourth-order valence-electron chi connectivity index (χ4n) is 1.70. The van der Waals surface area contributed by atoms with E-state index >= 15 is 0 Å². The predicted octanol–water partition coefficient (Wildman–Crippen LogP) is 3.12. The number of hydrogen-bond donors (Lipinski definition) is 3. The number of aromatic hydroxyl groups is 1. The number of carbonyl (C=O) groups excluding carboxylic acids is 2. The number of carbonyl (C=O) groups is 2. The summed E-state index contributed by atoms with van der Waals surface area (Å²) in [6.45, 7) is 2.68. The van der Waals surface area contributed by atoms with E-state index in [9.17, 15) is 14.7 Å². The molecule has 2 aromatic rings. The molecule has 2 amide bonds. The molecule has 2 rings (SSSR count). The van der Waals surface area contributed by atoms with Crippen molar-refractivity contribution in [2.24, 2.45) is 10.2 Å². The Hall–Kier alpha value is -3.29. The van der Waals surface area contributed by atoms with Crippen molar-refractivity contribution in [3.63, 3.8) is 0 Å². The van der Waals surface area contributed by atoms with E-state index < -0.39 is 0 Å². The van der Waals surface area contributed by atoms with Crippen molar-refractivity contribution in [3.8, 4) is 5.75 Å². The van der Waals surface area contributed by atoms with E-state index in [1.807, 2.05) is 0 Å². The first kappa shape index (κ1) is 16.1. The summed E-state index contributed by atoms with van der Waals surface area (Å²) >= 11 is 0. The smallest absolute Gasteiger partial charge is 0.222 e. The lowest BCUT2D eigenvalue weighted by Gasteiger charge is -2.07. The van der Waals surface area contributed by atoms with Gasteiger partial charge in [-0.25, -0.2) is 4.98 Å². The SMILES string of the molecule is CC(=O)Nc1ccc(N=Nc2ccccc2O)c(NC(C)=O)n1. The minimum atomic E-state index is -0.337. The summed E-state index contributed by atoms with van der Waals surface area (Å²) in [6, 6.07) is 9.54. The van der Waals surface area contributed by atoms with Crippen LogP contribution in [0.5, 0.6) is 5.75 Å². The summed E-state index contributed by atoms with van der Waals surface area (Å²) in [5.74, 6) is -0.197. The maximum absolute atomic E-state index is 11.3. The van der Waals surface area contributed by atoms with Gasteiger partial charge in [-0.05, 0) is 24.3 Å². The Labute approximate surface area is 132 Å². The number of phenolic OH excluding ortho intramolecular Hbond substituents is 1. The van der Waals surface area contributed by atoms with E-state index in [1.165, 1.54) is 26.0 Å². The van der Waals surface area contributed by atoms with Crippen LogP contribution < -0.4 is 10.6 Å². The number of benzene rings is 1. The Bertz CT molecular complexity index is 773. The van der Waals surface area contributed by atoms with E-state index in [1.54, 1.807) is 24.3 Å². The van der Waals surface area contributed by atoms with Gasteiger partial charge in [-0.1, -0.05) is 12.1 Å². The number of para-hydroxylation sites is 1. The predicted molar refractivity (Wildman–Crippen MR) is 85.1 cm³/mol. The molecule has 1 heterocycles. The lowest BCUT2D eigenvalue weighted by Crippen LogP contribution is -2.11. The van der Waals surface area contributed by atoms with Gasteiger partial charge in [0.05, 0.1) is 0 Å². The number of nitrogens with zero attached hydrogens (tertiary/aromatic N) is 3. The van der Waals surface area contributed by atoms with Gasteiger partial charge < -0.3 is 15.7 Å². The first-order valence-electron chi connectivity index (χ1n) is 6.71. The molecule has 0 aliphatic heterocycles. The number of rotatable bonds is 4. The summed E-state index contributed by atoms with van der Waals surface area (Å²) in [6.07, 6.45) is 0. The molecule has 0 fully saturated rings. The molecule has 0 saturated carbocycles. The third-order valence-electron chi connectivity index (χ3n) is 2.62. The normalized spacial score (nSPS) is 10.5. The molecule has 23 heavy (non-hydrogen) atoms. The number of amides is 2. The van der Waals surface area contributed by atoms with E-state index in [0.29, 0.717) is 0 Å². The number of phenols is 1. The lowest BCUT2D eigenvalue weighted by molar-refractivity contribution is -0.115. The second-order valence-corrected chi connectivity index (χ2v) is 4.62. The van der Waals surface area contributed by atoms with Crippen molar-refractivity contribution < 1.29 is 14.7 Å². The van der Waals surface area contributed by atoms with Crippen LogP contribution in [0.15, 0.2) is 46.6 Å². The number of aromatic nitrogens is 1. The van der Waals surface area contributed by atoms with E-state index in [4.69, 9.17) is 0 Å². The van der Waals surface area contributed by atoms with Crippen LogP contribution in [0.1, 0.15) is 13.8 Å². The molecule has 0 atom stereocenters. The molecule has 3 N–H and O–H groups in total. The molecular weight excluding hydrogens is 298 g/mol. The monoisotopic (exact) mass is 313 g/mol. The molecule has 8 heteroatoms. The fraction of sp³-hybridized carbons (Fsp3) is 0.133. The van der Waals surface area contributed by atoms with Crippen molar-refractivity contribution in [2.75, 3.05) is 10.6 Å². The van der Waals surface area contributed by atoms with E-state index in [0.717, 1.165) is 0 Å². The number of hydrogen-bond acceptors (Lipinski definition) is 6. The molecule has 0 aliphatic rings. The number of anilines is 2. The molecule has 0 aliphatic carbocycles. The zero-order valence-electron chi connectivity index (χ0n) is 12.6. The van der Waals surface area contributed by atoms with Crippen LogP contribution >= 0.6 is 0 Å². The van der Waals surface area contributed by atoms with Gasteiger partial charge in [0.1, 0.15) is 22.9 Å². The van der Waals surface area contributed by atoms with Crippen LogP contribution in [0.25, 0.3) is 0 Å². The quantitative estimate of drug-likeness (QED) is 0.752. The maximum Gasteiger partial charge on any atom is 0.222 e. The van der Waals surface area contributed by atoms with Crippen LogP contribution in [0.4, 0.5) is 23.0 Å². The average Bonchev–Trinajstić information content (AvgIpc) is 2.47. The summed E-state index contributed by atoms with van der Waals surface area (Å²) in [5, 5.41) is 22.6. The Morgan fingerprint density at radius 2 is 1.61 bits per heavy atom. The third kappa shape index (κ3) is 4.60. The Kier molecular flexibility index (Phi) is 4.98. The minimum absolute atomic E-state index is 0.0137. The highest BCUT2D eigenvalue weighted by atomic mass is 16.3. The second-order valence-electron chi connectivity index (χ2n) is 4.62. The second kappa shape index (κ2) is 7.12. The molecule has 1 aromatic carbocycles. The summed E-state index contributed by atoms with van der Waals surface area (Å²) in [5.41, 5.74) is 0.574. The molecular formula is C15H15N5O3. The van der Waals surface area contributed by atoms with Crippen LogP contribution in [0.3, 0.4) is 0 Å². The van der Waals surface area contributed by atoms with Crippen molar-refractivity contribution in [1.82, 2.24) is 4.98 Å². The zero-order chi connectivity index (χ0) is 16.8. The highest BCUT2D eigenvalue weighted by molar-refractivity contribution is 5.92.